The third-order valence-electron chi connectivity index (χ3n) is 5.00. The highest BCUT2D eigenvalue weighted by molar-refractivity contribution is 5.95. The van der Waals surface area contributed by atoms with Gasteiger partial charge in [0.2, 0.25) is 0 Å². The second-order valence-electron chi connectivity index (χ2n) is 6.73. The van der Waals surface area contributed by atoms with E-state index in [9.17, 15) is 4.79 Å². The Hall–Kier alpha value is -2.13. The van der Waals surface area contributed by atoms with Gasteiger partial charge in [-0.05, 0) is 48.9 Å². The molecule has 1 saturated carbocycles. The second kappa shape index (κ2) is 6.78. The largest absolute Gasteiger partial charge is 0.381 e. The first kappa shape index (κ1) is 15.4. The van der Waals surface area contributed by atoms with Gasteiger partial charge >= 0.3 is 0 Å². The Balaban J connectivity index is 1.54. The molecule has 0 aromatic heterocycles. The molecule has 4 rings (SSSR count). The number of hydrogen-bond acceptors (Lipinski definition) is 2. The molecule has 24 heavy (non-hydrogen) atoms. The molecular formula is C21H23NO2. The van der Waals surface area contributed by atoms with E-state index in [1.165, 1.54) is 5.56 Å². The molecule has 2 aliphatic rings. The van der Waals surface area contributed by atoms with Crippen molar-refractivity contribution >= 4 is 5.91 Å². The molecule has 0 unspecified atom stereocenters. The zero-order chi connectivity index (χ0) is 16.4. The van der Waals surface area contributed by atoms with Crippen LogP contribution in [0, 0.1) is 0 Å². The van der Waals surface area contributed by atoms with Gasteiger partial charge in [-0.2, -0.15) is 0 Å². The summed E-state index contributed by atoms with van der Waals surface area (Å²) in [7, 11) is 0. The molecule has 3 heteroatoms. The van der Waals surface area contributed by atoms with Crippen LogP contribution in [0.3, 0.4) is 0 Å². The molecule has 0 radical (unpaired) electrons. The summed E-state index contributed by atoms with van der Waals surface area (Å²) in [5.41, 5.74) is 3.13. The molecule has 1 saturated heterocycles. The van der Waals surface area contributed by atoms with Crippen LogP contribution in [0.4, 0.5) is 0 Å². The van der Waals surface area contributed by atoms with E-state index in [0.29, 0.717) is 12.1 Å². The molecule has 0 bridgehead atoms. The van der Waals surface area contributed by atoms with Crippen LogP contribution in [0.15, 0.2) is 54.6 Å². The van der Waals surface area contributed by atoms with Gasteiger partial charge < -0.3 is 9.64 Å². The van der Waals surface area contributed by atoms with Gasteiger partial charge in [0.15, 0.2) is 0 Å². The minimum Gasteiger partial charge on any atom is -0.381 e. The molecule has 0 N–H and O–H groups in total. The standard InChI is InChI=1S/C21H23NO2/c23-21(22(19-10-11-19)20-12-14-24-15-13-20)18-8-6-17(7-9-18)16-4-2-1-3-5-16/h1-9,19-20H,10-15H2. The summed E-state index contributed by atoms with van der Waals surface area (Å²) < 4.78 is 5.46. The second-order valence-corrected chi connectivity index (χ2v) is 6.73. The normalized spacial score (nSPS) is 18.3. The van der Waals surface area contributed by atoms with Gasteiger partial charge in [-0.15, -0.1) is 0 Å². The maximum Gasteiger partial charge on any atom is 0.254 e. The minimum absolute atomic E-state index is 0.184. The van der Waals surface area contributed by atoms with Crippen molar-refractivity contribution in [1.82, 2.24) is 4.90 Å². The lowest BCUT2D eigenvalue weighted by molar-refractivity contribution is 0.0267. The molecular weight excluding hydrogens is 298 g/mol. The topological polar surface area (TPSA) is 29.5 Å². The SMILES string of the molecule is O=C(c1ccc(-c2ccccc2)cc1)N(C1CCOCC1)C1CC1. The first-order valence-electron chi connectivity index (χ1n) is 8.89. The summed E-state index contributed by atoms with van der Waals surface area (Å²) in [5, 5.41) is 0. The molecule has 2 aromatic carbocycles. The highest BCUT2D eigenvalue weighted by Gasteiger charge is 2.38. The van der Waals surface area contributed by atoms with Gasteiger partial charge in [-0.3, -0.25) is 4.79 Å². The van der Waals surface area contributed by atoms with Crippen LogP contribution in [0.5, 0.6) is 0 Å². The Labute approximate surface area is 143 Å². The highest BCUT2D eigenvalue weighted by Crippen LogP contribution is 2.33. The van der Waals surface area contributed by atoms with E-state index in [1.807, 2.05) is 30.3 Å². The van der Waals surface area contributed by atoms with Crippen LogP contribution in [-0.4, -0.2) is 36.1 Å². The van der Waals surface area contributed by atoms with E-state index >= 15 is 0 Å². The number of hydrogen-bond donors (Lipinski definition) is 0. The van der Waals surface area contributed by atoms with Crippen LogP contribution in [0.1, 0.15) is 36.0 Å². The van der Waals surface area contributed by atoms with Gasteiger partial charge in [-0.1, -0.05) is 42.5 Å². The molecule has 0 atom stereocenters. The number of ether oxygens (including phenoxy) is 1. The van der Waals surface area contributed by atoms with Crippen molar-refractivity contribution in [3.8, 4) is 11.1 Å². The Bertz CT molecular complexity index is 686. The molecule has 1 aliphatic heterocycles. The Kier molecular flexibility index (Phi) is 4.35. The zero-order valence-corrected chi connectivity index (χ0v) is 13.9. The number of benzene rings is 2. The summed E-state index contributed by atoms with van der Waals surface area (Å²) in [4.78, 5) is 15.2. The Morgan fingerprint density at radius 2 is 1.38 bits per heavy atom. The van der Waals surface area contributed by atoms with Gasteiger partial charge in [0.05, 0.1) is 0 Å². The van der Waals surface area contributed by atoms with Crippen LogP contribution in [0.2, 0.25) is 0 Å². The predicted molar refractivity (Wildman–Crippen MR) is 94.9 cm³/mol. The van der Waals surface area contributed by atoms with E-state index in [-0.39, 0.29) is 5.91 Å². The first-order valence-corrected chi connectivity index (χ1v) is 8.89. The van der Waals surface area contributed by atoms with Crippen molar-refractivity contribution < 1.29 is 9.53 Å². The van der Waals surface area contributed by atoms with Crippen molar-refractivity contribution in [1.29, 1.82) is 0 Å². The lowest BCUT2D eigenvalue weighted by Gasteiger charge is -2.34. The minimum atomic E-state index is 0.184. The number of rotatable bonds is 4. The van der Waals surface area contributed by atoms with E-state index in [4.69, 9.17) is 4.74 Å². The van der Waals surface area contributed by atoms with Crippen molar-refractivity contribution in [3.63, 3.8) is 0 Å². The average molecular weight is 321 g/mol. The van der Waals surface area contributed by atoms with Crippen LogP contribution >= 0.6 is 0 Å². The van der Waals surface area contributed by atoms with E-state index < -0.39 is 0 Å². The molecule has 2 fully saturated rings. The van der Waals surface area contributed by atoms with Crippen molar-refractivity contribution in [2.24, 2.45) is 0 Å². The fourth-order valence-electron chi connectivity index (χ4n) is 3.53. The molecule has 1 aliphatic carbocycles. The Morgan fingerprint density at radius 1 is 0.792 bits per heavy atom. The fraction of sp³-hybridized carbons (Fsp3) is 0.381. The monoisotopic (exact) mass is 321 g/mol. The van der Waals surface area contributed by atoms with Crippen LogP contribution in [-0.2, 0) is 4.74 Å². The predicted octanol–water partition coefficient (Wildman–Crippen LogP) is 4.14. The highest BCUT2D eigenvalue weighted by atomic mass is 16.5. The summed E-state index contributed by atoms with van der Waals surface area (Å²) in [6, 6.07) is 19.1. The van der Waals surface area contributed by atoms with Gasteiger partial charge in [0.25, 0.3) is 5.91 Å². The molecule has 0 spiro atoms. The number of carbonyl (C=O) groups is 1. The third-order valence-corrected chi connectivity index (χ3v) is 5.00. The van der Waals surface area contributed by atoms with E-state index in [1.54, 1.807) is 0 Å². The summed E-state index contributed by atoms with van der Waals surface area (Å²) in [6.07, 6.45) is 4.21. The van der Waals surface area contributed by atoms with E-state index in [2.05, 4.69) is 29.2 Å². The van der Waals surface area contributed by atoms with Crippen molar-refractivity contribution in [3.05, 3.63) is 60.2 Å². The maximum absolute atomic E-state index is 13.1. The van der Waals surface area contributed by atoms with Crippen molar-refractivity contribution in [2.75, 3.05) is 13.2 Å². The molecule has 1 amide bonds. The lowest BCUT2D eigenvalue weighted by atomic mass is 10.0. The molecule has 3 nitrogen and oxygen atoms in total. The van der Waals surface area contributed by atoms with Crippen LogP contribution < -0.4 is 0 Å². The number of carbonyl (C=O) groups excluding carboxylic acids is 1. The molecule has 124 valence electrons. The summed E-state index contributed by atoms with van der Waals surface area (Å²) in [6.45, 7) is 1.54. The smallest absolute Gasteiger partial charge is 0.254 e. The lowest BCUT2D eigenvalue weighted by Crippen LogP contribution is -2.44. The Morgan fingerprint density at radius 3 is 2.00 bits per heavy atom. The molecule has 2 aromatic rings. The summed E-state index contributed by atoms with van der Waals surface area (Å²) >= 11 is 0. The zero-order valence-electron chi connectivity index (χ0n) is 13.9. The van der Waals surface area contributed by atoms with Gasteiger partial charge in [-0.25, -0.2) is 0 Å². The fourth-order valence-corrected chi connectivity index (χ4v) is 3.53. The number of amides is 1. The summed E-state index contributed by atoms with van der Waals surface area (Å²) in [5.74, 6) is 0.184. The number of nitrogens with zero attached hydrogens (tertiary/aromatic N) is 1. The molecule has 1 heterocycles. The van der Waals surface area contributed by atoms with E-state index in [0.717, 1.165) is 50.0 Å². The van der Waals surface area contributed by atoms with Gasteiger partial charge in [0.1, 0.15) is 0 Å². The average Bonchev–Trinajstić information content (AvgIpc) is 3.49. The quantitative estimate of drug-likeness (QED) is 0.847. The van der Waals surface area contributed by atoms with Crippen LogP contribution in [0.25, 0.3) is 11.1 Å². The van der Waals surface area contributed by atoms with Crippen molar-refractivity contribution in [2.45, 2.75) is 37.8 Å². The van der Waals surface area contributed by atoms with Gasteiger partial charge in [0, 0.05) is 30.9 Å². The first-order chi connectivity index (χ1) is 11.8. The maximum atomic E-state index is 13.1. The third kappa shape index (κ3) is 3.22.